The van der Waals surface area contributed by atoms with Gasteiger partial charge in [-0.1, -0.05) is 10.3 Å². The van der Waals surface area contributed by atoms with Crippen molar-refractivity contribution in [2.45, 2.75) is 0 Å². The molecule has 0 saturated heterocycles. The number of rotatable bonds is 0. The molecule has 0 atom stereocenters. The molecule has 0 saturated carbocycles. The molecule has 0 aromatic carbocycles. The lowest BCUT2D eigenvalue weighted by Gasteiger charge is -1.82. The average molecular weight is 162 g/mol. The van der Waals surface area contributed by atoms with Crippen LogP contribution in [0.1, 0.15) is 0 Å². The summed E-state index contributed by atoms with van der Waals surface area (Å²) < 4.78 is 9.46. The van der Waals surface area contributed by atoms with E-state index in [0.717, 1.165) is 0 Å². The van der Waals surface area contributed by atoms with Crippen molar-refractivity contribution in [2.75, 3.05) is 0 Å². The normalized spacial score (nSPS) is 11.3. The summed E-state index contributed by atoms with van der Waals surface area (Å²) in [5.41, 5.74) is 2.01. The fraction of sp³-hybridized carbons (Fsp3) is 0. The zero-order chi connectivity index (χ0) is 7.97. The van der Waals surface area contributed by atoms with Gasteiger partial charge in [-0.25, -0.2) is 4.98 Å². The number of hydrogen-bond acceptors (Lipinski definition) is 6. The van der Waals surface area contributed by atoms with Crippen molar-refractivity contribution < 1.29 is 9.05 Å². The zero-order valence-electron chi connectivity index (χ0n) is 5.76. The second-order valence-corrected chi connectivity index (χ2v) is 2.26. The largest absolute Gasteiger partial charge is 0.360 e. The standard InChI is InChI=1S/C6H2N4O2/c1-3-6(12-7-1)9-5-4(8-3)2-11-10-5/h1-2H. The van der Waals surface area contributed by atoms with E-state index in [9.17, 15) is 0 Å². The van der Waals surface area contributed by atoms with Gasteiger partial charge in [-0.2, -0.15) is 4.98 Å². The maximum absolute atomic E-state index is 4.79. The number of aromatic nitrogens is 4. The molecule has 0 bridgehead atoms. The van der Waals surface area contributed by atoms with Crippen molar-refractivity contribution in [1.82, 2.24) is 20.3 Å². The van der Waals surface area contributed by atoms with Crippen molar-refractivity contribution in [3.8, 4) is 0 Å². The Kier molecular flexibility index (Phi) is 0.840. The molecule has 6 heteroatoms. The predicted octanol–water partition coefficient (Wildman–Crippen LogP) is 0.759. The minimum Gasteiger partial charge on any atom is -0.360 e. The monoisotopic (exact) mass is 162 g/mol. The van der Waals surface area contributed by atoms with E-state index in [1.165, 1.54) is 12.5 Å². The summed E-state index contributed by atoms with van der Waals surface area (Å²) in [5.74, 6) is 0. The van der Waals surface area contributed by atoms with Crippen molar-refractivity contribution in [3.05, 3.63) is 12.5 Å². The first-order valence-electron chi connectivity index (χ1n) is 3.26. The number of fused-ring (bicyclic) bond motifs is 2. The Balaban J connectivity index is 2.62. The lowest BCUT2D eigenvalue weighted by Crippen LogP contribution is -1.80. The van der Waals surface area contributed by atoms with Gasteiger partial charge in [0.1, 0.15) is 5.52 Å². The van der Waals surface area contributed by atoms with Crippen LogP contribution < -0.4 is 0 Å². The van der Waals surface area contributed by atoms with Gasteiger partial charge < -0.3 is 9.05 Å². The van der Waals surface area contributed by atoms with Gasteiger partial charge in [0.2, 0.25) is 5.65 Å². The highest BCUT2D eigenvalue weighted by atomic mass is 16.5. The molecule has 0 unspecified atom stereocenters. The van der Waals surface area contributed by atoms with Crippen molar-refractivity contribution in [3.63, 3.8) is 0 Å². The first-order chi connectivity index (χ1) is 5.93. The van der Waals surface area contributed by atoms with Crippen LogP contribution in [0, 0.1) is 0 Å². The molecule has 0 radical (unpaired) electrons. The predicted molar refractivity (Wildman–Crippen MR) is 37.2 cm³/mol. The molecular weight excluding hydrogens is 160 g/mol. The van der Waals surface area contributed by atoms with Gasteiger partial charge in [0.05, 0.1) is 6.20 Å². The molecule has 3 aromatic rings. The third-order valence-electron chi connectivity index (χ3n) is 1.51. The van der Waals surface area contributed by atoms with Gasteiger partial charge in [0.15, 0.2) is 11.8 Å². The van der Waals surface area contributed by atoms with Crippen LogP contribution in [0.25, 0.3) is 22.4 Å². The molecule has 0 aliphatic heterocycles. The van der Waals surface area contributed by atoms with Crippen molar-refractivity contribution in [2.24, 2.45) is 0 Å². The van der Waals surface area contributed by atoms with Gasteiger partial charge in [-0.15, -0.1) is 0 Å². The molecule has 0 amide bonds. The topological polar surface area (TPSA) is 77.8 Å². The van der Waals surface area contributed by atoms with Crippen LogP contribution >= 0.6 is 0 Å². The minimum atomic E-state index is 0.372. The summed E-state index contributed by atoms with van der Waals surface area (Å²) in [4.78, 5) is 8.12. The van der Waals surface area contributed by atoms with Gasteiger partial charge in [0.25, 0.3) is 5.71 Å². The number of hydrogen-bond donors (Lipinski definition) is 0. The summed E-state index contributed by atoms with van der Waals surface area (Å²) >= 11 is 0. The van der Waals surface area contributed by atoms with E-state index in [0.29, 0.717) is 22.4 Å². The minimum absolute atomic E-state index is 0.372. The maximum atomic E-state index is 4.79. The molecule has 3 heterocycles. The van der Waals surface area contributed by atoms with Gasteiger partial charge in [0, 0.05) is 0 Å². The van der Waals surface area contributed by atoms with Crippen molar-refractivity contribution >= 4 is 22.4 Å². The second-order valence-electron chi connectivity index (χ2n) is 2.26. The Morgan fingerprint density at radius 1 is 1.17 bits per heavy atom. The fourth-order valence-corrected chi connectivity index (χ4v) is 0.988. The summed E-state index contributed by atoms with van der Waals surface area (Å²) in [7, 11) is 0. The van der Waals surface area contributed by atoms with Crippen LogP contribution in [0.2, 0.25) is 0 Å². The Bertz CT molecular complexity index is 449. The lowest BCUT2D eigenvalue weighted by molar-refractivity contribution is 0.425. The van der Waals surface area contributed by atoms with Crippen LogP contribution in [0.3, 0.4) is 0 Å². The molecule has 0 fully saturated rings. The quantitative estimate of drug-likeness (QED) is 0.485. The van der Waals surface area contributed by atoms with E-state index in [4.69, 9.17) is 4.52 Å². The maximum Gasteiger partial charge on any atom is 0.278 e. The first-order valence-corrected chi connectivity index (χ1v) is 3.26. The highest BCUT2D eigenvalue weighted by Crippen LogP contribution is 2.13. The van der Waals surface area contributed by atoms with E-state index in [1.807, 2.05) is 0 Å². The van der Waals surface area contributed by atoms with Crippen LogP contribution in [0.4, 0.5) is 0 Å². The van der Waals surface area contributed by atoms with E-state index in [1.54, 1.807) is 0 Å². The molecule has 0 aliphatic carbocycles. The zero-order valence-corrected chi connectivity index (χ0v) is 5.76. The smallest absolute Gasteiger partial charge is 0.278 e. The molecule has 12 heavy (non-hydrogen) atoms. The van der Waals surface area contributed by atoms with E-state index in [2.05, 4.69) is 24.8 Å². The number of nitrogens with zero attached hydrogens (tertiary/aromatic N) is 4. The Hall–Kier alpha value is -1.98. The van der Waals surface area contributed by atoms with E-state index in [-0.39, 0.29) is 0 Å². The average Bonchev–Trinajstić information content (AvgIpc) is 2.64. The molecule has 6 nitrogen and oxygen atoms in total. The third-order valence-corrected chi connectivity index (χ3v) is 1.51. The second kappa shape index (κ2) is 1.79. The van der Waals surface area contributed by atoms with Crippen LogP contribution in [0.5, 0.6) is 0 Å². The van der Waals surface area contributed by atoms with Gasteiger partial charge >= 0.3 is 0 Å². The summed E-state index contributed by atoms with van der Waals surface area (Å²) in [6.45, 7) is 0. The SMILES string of the molecule is c1onc2nc3oncc3nc12. The molecular formula is C6H2N4O2. The third kappa shape index (κ3) is 0.584. The van der Waals surface area contributed by atoms with Gasteiger partial charge in [-0.05, 0) is 0 Å². The Morgan fingerprint density at radius 2 is 2.17 bits per heavy atom. The molecule has 3 rings (SSSR count). The van der Waals surface area contributed by atoms with Gasteiger partial charge in [-0.3, -0.25) is 0 Å². The molecule has 0 N–H and O–H groups in total. The molecule has 58 valence electrons. The van der Waals surface area contributed by atoms with E-state index >= 15 is 0 Å². The molecule has 0 spiro atoms. The van der Waals surface area contributed by atoms with Crippen LogP contribution in [-0.4, -0.2) is 20.3 Å². The summed E-state index contributed by atoms with van der Waals surface area (Å²) in [6.07, 6.45) is 2.92. The summed E-state index contributed by atoms with van der Waals surface area (Å²) in [5, 5.41) is 7.16. The fourth-order valence-electron chi connectivity index (χ4n) is 0.988. The lowest BCUT2D eigenvalue weighted by atomic mass is 10.5. The Labute approximate surface area is 65.2 Å². The highest BCUT2D eigenvalue weighted by molar-refractivity contribution is 5.79. The Morgan fingerprint density at radius 3 is 3.17 bits per heavy atom. The molecule has 0 aliphatic rings. The van der Waals surface area contributed by atoms with Crippen LogP contribution in [0.15, 0.2) is 21.5 Å². The van der Waals surface area contributed by atoms with E-state index < -0.39 is 0 Å². The van der Waals surface area contributed by atoms with Crippen LogP contribution in [-0.2, 0) is 0 Å². The molecule has 3 aromatic heterocycles. The summed E-state index contributed by atoms with van der Waals surface area (Å²) in [6, 6.07) is 0. The van der Waals surface area contributed by atoms with Crippen molar-refractivity contribution in [1.29, 1.82) is 0 Å². The first kappa shape index (κ1) is 5.64. The highest BCUT2D eigenvalue weighted by Gasteiger charge is 2.06.